The molecule has 0 aliphatic heterocycles. The van der Waals surface area contributed by atoms with E-state index in [-0.39, 0.29) is 0 Å². The molecular formula is C9H10BrN3. The zero-order chi connectivity index (χ0) is 9.42. The molecule has 0 aliphatic carbocycles. The Morgan fingerprint density at radius 1 is 1.46 bits per heavy atom. The molecule has 0 amide bonds. The summed E-state index contributed by atoms with van der Waals surface area (Å²) in [5.41, 5.74) is 0.795. The van der Waals surface area contributed by atoms with Gasteiger partial charge in [-0.1, -0.05) is 0 Å². The van der Waals surface area contributed by atoms with Gasteiger partial charge in [0.05, 0.1) is 5.39 Å². The van der Waals surface area contributed by atoms with Crippen LogP contribution >= 0.6 is 15.9 Å². The van der Waals surface area contributed by atoms with E-state index in [0.29, 0.717) is 6.04 Å². The number of hydrogen-bond donors (Lipinski definition) is 0. The predicted octanol–water partition coefficient (Wildman–Crippen LogP) is 2.77. The van der Waals surface area contributed by atoms with Crippen LogP contribution in [0.3, 0.4) is 0 Å². The Labute approximate surface area is 84.9 Å². The van der Waals surface area contributed by atoms with Crippen molar-refractivity contribution in [3.8, 4) is 0 Å². The summed E-state index contributed by atoms with van der Waals surface area (Å²) in [6.45, 7) is 4.19. The molecule has 2 rings (SSSR count). The summed E-state index contributed by atoms with van der Waals surface area (Å²) in [6.07, 6.45) is 1.76. The highest BCUT2D eigenvalue weighted by atomic mass is 79.9. The zero-order valence-corrected chi connectivity index (χ0v) is 9.12. The van der Waals surface area contributed by atoms with Crippen molar-refractivity contribution in [1.82, 2.24) is 14.8 Å². The summed E-state index contributed by atoms with van der Waals surface area (Å²) in [5.74, 6) is 0. The van der Waals surface area contributed by atoms with Gasteiger partial charge in [0.1, 0.15) is 4.60 Å². The second kappa shape index (κ2) is 3.10. The molecular weight excluding hydrogens is 230 g/mol. The van der Waals surface area contributed by atoms with Crippen molar-refractivity contribution in [3.63, 3.8) is 0 Å². The number of rotatable bonds is 1. The van der Waals surface area contributed by atoms with Gasteiger partial charge < -0.3 is 0 Å². The molecule has 2 heterocycles. The first-order valence-electron chi connectivity index (χ1n) is 4.19. The van der Waals surface area contributed by atoms with Crippen molar-refractivity contribution in [3.05, 3.63) is 22.9 Å². The Kier molecular flexibility index (Phi) is 2.07. The van der Waals surface area contributed by atoms with E-state index in [0.717, 1.165) is 15.6 Å². The van der Waals surface area contributed by atoms with Crippen LogP contribution in [0.5, 0.6) is 0 Å². The average molecular weight is 240 g/mol. The first-order valence-corrected chi connectivity index (χ1v) is 4.98. The fourth-order valence-corrected chi connectivity index (χ4v) is 2.05. The zero-order valence-electron chi connectivity index (χ0n) is 7.53. The molecule has 4 heteroatoms. The van der Waals surface area contributed by atoms with Gasteiger partial charge in [-0.05, 0) is 41.9 Å². The fraction of sp³-hybridized carbons (Fsp3) is 0.333. The minimum absolute atomic E-state index is 0.351. The molecule has 0 N–H and O–H groups in total. The molecule has 0 unspecified atom stereocenters. The van der Waals surface area contributed by atoms with Crippen LogP contribution in [0.2, 0.25) is 0 Å². The monoisotopic (exact) mass is 239 g/mol. The molecule has 0 aromatic carbocycles. The van der Waals surface area contributed by atoms with Crippen LogP contribution in [0.1, 0.15) is 19.9 Å². The molecule has 2 aromatic rings. The van der Waals surface area contributed by atoms with E-state index in [1.807, 2.05) is 16.8 Å². The van der Waals surface area contributed by atoms with E-state index >= 15 is 0 Å². The Balaban J connectivity index is 2.74. The van der Waals surface area contributed by atoms with E-state index < -0.39 is 0 Å². The third-order valence-corrected chi connectivity index (χ3v) is 2.69. The average Bonchev–Trinajstić information content (AvgIpc) is 2.45. The maximum absolute atomic E-state index is 4.37. The fourth-order valence-electron chi connectivity index (χ4n) is 1.25. The summed E-state index contributed by atoms with van der Waals surface area (Å²) >= 11 is 3.51. The molecule has 0 atom stereocenters. The minimum atomic E-state index is 0.351. The van der Waals surface area contributed by atoms with E-state index in [2.05, 4.69) is 39.9 Å². The lowest BCUT2D eigenvalue weighted by Crippen LogP contribution is -2.02. The van der Waals surface area contributed by atoms with Crippen LogP contribution in [-0.4, -0.2) is 14.8 Å². The highest BCUT2D eigenvalue weighted by Gasteiger charge is 2.10. The van der Waals surface area contributed by atoms with Gasteiger partial charge in [-0.2, -0.15) is 5.10 Å². The summed E-state index contributed by atoms with van der Waals surface area (Å²) in [7, 11) is 0. The highest BCUT2D eigenvalue weighted by Crippen LogP contribution is 2.24. The molecule has 0 radical (unpaired) electrons. The first kappa shape index (κ1) is 8.69. The Bertz CT molecular complexity index is 433. The summed E-state index contributed by atoms with van der Waals surface area (Å²) in [6, 6.07) is 4.28. The van der Waals surface area contributed by atoms with Gasteiger partial charge in [0.15, 0.2) is 5.65 Å². The molecule has 3 nitrogen and oxygen atoms in total. The lowest BCUT2D eigenvalue weighted by atomic mass is 10.3. The summed E-state index contributed by atoms with van der Waals surface area (Å²) in [4.78, 5) is 4.18. The van der Waals surface area contributed by atoms with Gasteiger partial charge in [-0.15, -0.1) is 0 Å². The first-order chi connectivity index (χ1) is 6.20. The molecule has 0 fully saturated rings. The molecule has 0 saturated carbocycles. The van der Waals surface area contributed by atoms with E-state index in [1.165, 1.54) is 0 Å². The van der Waals surface area contributed by atoms with Crippen molar-refractivity contribution in [2.24, 2.45) is 0 Å². The van der Waals surface area contributed by atoms with Crippen LogP contribution in [0.4, 0.5) is 0 Å². The number of pyridine rings is 1. The molecule has 0 spiro atoms. The molecule has 2 aromatic heterocycles. The molecule has 13 heavy (non-hydrogen) atoms. The quantitative estimate of drug-likeness (QED) is 0.767. The van der Waals surface area contributed by atoms with E-state index in [4.69, 9.17) is 0 Å². The normalized spacial score (nSPS) is 11.4. The Morgan fingerprint density at radius 2 is 2.23 bits per heavy atom. The van der Waals surface area contributed by atoms with Crippen LogP contribution in [-0.2, 0) is 0 Å². The van der Waals surface area contributed by atoms with Gasteiger partial charge >= 0.3 is 0 Å². The van der Waals surface area contributed by atoms with Crippen molar-refractivity contribution >= 4 is 27.0 Å². The third-order valence-electron chi connectivity index (χ3n) is 1.90. The number of nitrogens with zero attached hydrogens (tertiary/aromatic N) is 3. The SMILES string of the molecule is CC(C)n1nc2ncccc2c1Br. The number of halogens is 1. The Hall–Kier alpha value is -0.900. The van der Waals surface area contributed by atoms with Gasteiger partial charge in [0, 0.05) is 12.2 Å². The maximum atomic E-state index is 4.37. The van der Waals surface area contributed by atoms with Gasteiger partial charge in [0.25, 0.3) is 0 Å². The van der Waals surface area contributed by atoms with E-state index in [9.17, 15) is 0 Å². The number of aromatic nitrogens is 3. The van der Waals surface area contributed by atoms with E-state index in [1.54, 1.807) is 6.20 Å². The van der Waals surface area contributed by atoms with Crippen molar-refractivity contribution in [2.75, 3.05) is 0 Å². The number of hydrogen-bond acceptors (Lipinski definition) is 2. The van der Waals surface area contributed by atoms with Crippen molar-refractivity contribution in [1.29, 1.82) is 0 Å². The third kappa shape index (κ3) is 1.35. The molecule has 68 valence electrons. The standard InChI is InChI=1S/C9H10BrN3/c1-6(2)13-8(10)7-4-3-5-11-9(7)12-13/h3-6H,1-2H3. The highest BCUT2D eigenvalue weighted by molar-refractivity contribution is 9.10. The summed E-state index contributed by atoms with van der Waals surface area (Å²) < 4.78 is 2.93. The van der Waals surface area contributed by atoms with Crippen LogP contribution < -0.4 is 0 Å². The molecule has 0 bridgehead atoms. The second-order valence-electron chi connectivity index (χ2n) is 3.20. The molecule has 0 aliphatic rings. The van der Waals surface area contributed by atoms with Gasteiger partial charge in [0.2, 0.25) is 0 Å². The number of fused-ring (bicyclic) bond motifs is 1. The van der Waals surface area contributed by atoms with Gasteiger partial charge in [-0.3, -0.25) is 4.68 Å². The predicted molar refractivity (Wildman–Crippen MR) is 55.6 cm³/mol. The van der Waals surface area contributed by atoms with Crippen molar-refractivity contribution < 1.29 is 0 Å². The lowest BCUT2D eigenvalue weighted by Gasteiger charge is -2.05. The summed E-state index contributed by atoms with van der Waals surface area (Å²) in [5, 5.41) is 5.44. The largest absolute Gasteiger partial charge is 0.253 e. The maximum Gasteiger partial charge on any atom is 0.182 e. The topological polar surface area (TPSA) is 30.7 Å². The second-order valence-corrected chi connectivity index (χ2v) is 3.95. The van der Waals surface area contributed by atoms with Crippen LogP contribution in [0, 0.1) is 0 Å². The van der Waals surface area contributed by atoms with Gasteiger partial charge in [-0.25, -0.2) is 4.98 Å². The van der Waals surface area contributed by atoms with Crippen LogP contribution in [0.15, 0.2) is 22.9 Å². The minimum Gasteiger partial charge on any atom is -0.253 e. The van der Waals surface area contributed by atoms with Crippen molar-refractivity contribution in [2.45, 2.75) is 19.9 Å². The lowest BCUT2D eigenvalue weighted by molar-refractivity contribution is 0.526. The Morgan fingerprint density at radius 3 is 2.85 bits per heavy atom. The smallest absolute Gasteiger partial charge is 0.182 e. The molecule has 0 saturated heterocycles. The van der Waals surface area contributed by atoms with Crippen LogP contribution in [0.25, 0.3) is 11.0 Å².